The molecule has 0 aromatic heterocycles. The molecule has 1 aromatic carbocycles. The molecule has 0 bridgehead atoms. The molecular weight excluding hydrogens is 283 g/mol. The van der Waals surface area contributed by atoms with Gasteiger partial charge in [-0.3, -0.25) is 0 Å². The van der Waals surface area contributed by atoms with E-state index >= 15 is 0 Å². The van der Waals surface area contributed by atoms with Gasteiger partial charge in [0.2, 0.25) is 0 Å². The molecule has 1 aliphatic rings. The van der Waals surface area contributed by atoms with Crippen LogP contribution in [-0.2, 0) is 6.18 Å². The van der Waals surface area contributed by atoms with Crippen LogP contribution in [0.1, 0.15) is 24.8 Å². The molecule has 1 heterocycles. The summed E-state index contributed by atoms with van der Waals surface area (Å²) in [7, 11) is 0. The fourth-order valence-corrected chi connectivity index (χ4v) is 2.35. The van der Waals surface area contributed by atoms with E-state index in [1.54, 1.807) is 0 Å². The summed E-state index contributed by atoms with van der Waals surface area (Å²) in [5.74, 6) is 0. The Kier molecular flexibility index (Phi) is 5.06. The molecule has 1 unspecified atom stereocenters. The van der Waals surface area contributed by atoms with Crippen LogP contribution < -0.4 is 16.0 Å². The predicted octanol–water partition coefficient (Wildman–Crippen LogP) is 2.97. The second-order valence-electron chi connectivity index (χ2n) is 5.02. The van der Waals surface area contributed by atoms with Crippen LogP contribution in [0.2, 0.25) is 0 Å². The zero-order valence-corrected chi connectivity index (χ0v) is 11.5. The molecular formula is C14H18F3N3O. The number of para-hydroxylation sites is 1. The van der Waals surface area contributed by atoms with Crippen LogP contribution in [0.4, 0.5) is 23.7 Å². The Morgan fingerprint density at radius 1 is 1.19 bits per heavy atom. The molecule has 4 nitrogen and oxygen atoms in total. The predicted molar refractivity (Wildman–Crippen MR) is 74.1 cm³/mol. The van der Waals surface area contributed by atoms with Crippen molar-refractivity contribution in [3.8, 4) is 0 Å². The minimum absolute atomic E-state index is 0.0157. The van der Waals surface area contributed by atoms with Gasteiger partial charge in [-0.15, -0.1) is 0 Å². The molecule has 21 heavy (non-hydrogen) atoms. The molecule has 0 saturated carbocycles. The van der Waals surface area contributed by atoms with E-state index in [4.69, 9.17) is 0 Å². The zero-order chi connectivity index (χ0) is 15.3. The standard InChI is InChI=1S/C14H18F3N3O/c15-14(16,17)11-5-1-2-6-12(11)20-13(21)19-10-4-3-8-18-9-7-10/h1-2,5-6,10,18H,3-4,7-9H2,(H2,19,20,21). The second-order valence-corrected chi connectivity index (χ2v) is 5.02. The van der Waals surface area contributed by atoms with E-state index in [1.807, 2.05) is 0 Å². The number of carbonyl (C=O) groups is 1. The molecule has 0 spiro atoms. The highest BCUT2D eigenvalue weighted by Crippen LogP contribution is 2.34. The summed E-state index contributed by atoms with van der Waals surface area (Å²) in [4.78, 5) is 11.9. The monoisotopic (exact) mass is 301 g/mol. The second kappa shape index (κ2) is 6.80. The minimum atomic E-state index is -4.49. The summed E-state index contributed by atoms with van der Waals surface area (Å²) in [5.41, 5.74) is -1.07. The van der Waals surface area contributed by atoms with E-state index in [2.05, 4.69) is 16.0 Å². The normalized spacial score (nSPS) is 19.7. The van der Waals surface area contributed by atoms with E-state index in [0.717, 1.165) is 38.4 Å². The van der Waals surface area contributed by atoms with Gasteiger partial charge in [0.25, 0.3) is 0 Å². The lowest BCUT2D eigenvalue weighted by molar-refractivity contribution is -0.136. The van der Waals surface area contributed by atoms with Crippen molar-refractivity contribution in [2.45, 2.75) is 31.5 Å². The number of nitrogens with one attached hydrogen (secondary N) is 3. The maximum absolute atomic E-state index is 12.8. The highest BCUT2D eigenvalue weighted by Gasteiger charge is 2.33. The fraction of sp³-hybridized carbons (Fsp3) is 0.500. The third kappa shape index (κ3) is 4.63. The first-order valence-electron chi connectivity index (χ1n) is 6.91. The molecule has 3 N–H and O–H groups in total. The maximum Gasteiger partial charge on any atom is 0.418 e. The first-order chi connectivity index (χ1) is 9.97. The minimum Gasteiger partial charge on any atom is -0.335 e. The zero-order valence-electron chi connectivity index (χ0n) is 11.5. The van der Waals surface area contributed by atoms with Crippen LogP contribution in [0.15, 0.2) is 24.3 Å². The molecule has 116 valence electrons. The highest BCUT2D eigenvalue weighted by molar-refractivity contribution is 5.90. The highest BCUT2D eigenvalue weighted by atomic mass is 19.4. The van der Waals surface area contributed by atoms with Crippen molar-refractivity contribution in [2.75, 3.05) is 18.4 Å². The Balaban J connectivity index is 1.99. The molecule has 1 atom stereocenters. The van der Waals surface area contributed by atoms with Crippen molar-refractivity contribution in [2.24, 2.45) is 0 Å². The lowest BCUT2D eigenvalue weighted by Gasteiger charge is -2.18. The SMILES string of the molecule is O=C(Nc1ccccc1C(F)(F)F)NC1CCCNCC1. The number of halogens is 3. The van der Waals surface area contributed by atoms with Crippen molar-refractivity contribution >= 4 is 11.7 Å². The van der Waals surface area contributed by atoms with Crippen molar-refractivity contribution in [3.63, 3.8) is 0 Å². The molecule has 2 amide bonds. The van der Waals surface area contributed by atoms with Gasteiger partial charge in [0, 0.05) is 6.04 Å². The van der Waals surface area contributed by atoms with Crippen LogP contribution in [0.3, 0.4) is 0 Å². The first-order valence-corrected chi connectivity index (χ1v) is 6.91. The lowest BCUT2D eigenvalue weighted by atomic mass is 10.1. The maximum atomic E-state index is 12.8. The summed E-state index contributed by atoms with van der Waals surface area (Å²) in [6.45, 7) is 1.70. The number of alkyl halides is 3. The molecule has 0 radical (unpaired) electrons. The van der Waals surface area contributed by atoms with Gasteiger partial charge in [-0.2, -0.15) is 13.2 Å². The number of anilines is 1. The Morgan fingerprint density at radius 2 is 1.95 bits per heavy atom. The molecule has 2 rings (SSSR count). The summed E-state index contributed by atoms with van der Waals surface area (Å²) in [5, 5.41) is 8.23. The van der Waals surface area contributed by atoms with E-state index in [-0.39, 0.29) is 11.7 Å². The van der Waals surface area contributed by atoms with Crippen LogP contribution in [0.5, 0.6) is 0 Å². The van der Waals surface area contributed by atoms with Crippen LogP contribution in [0.25, 0.3) is 0 Å². The van der Waals surface area contributed by atoms with Gasteiger partial charge in [0.05, 0.1) is 11.3 Å². The number of benzene rings is 1. The Hall–Kier alpha value is -1.76. The average molecular weight is 301 g/mol. The number of hydrogen-bond acceptors (Lipinski definition) is 2. The largest absolute Gasteiger partial charge is 0.418 e. The van der Waals surface area contributed by atoms with Crippen molar-refractivity contribution in [1.82, 2.24) is 10.6 Å². The Bertz CT molecular complexity index is 483. The Labute approximate surface area is 121 Å². The number of urea groups is 1. The van der Waals surface area contributed by atoms with Gasteiger partial charge in [0.1, 0.15) is 0 Å². The van der Waals surface area contributed by atoms with Gasteiger partial charge in [-0.1, -0.05) is 12.1 Å². The van der Waals surface area contributed by atoms with E-state index < -0.39 is 17.8 Å². The topological polar surface area (TPSA) is 53.2 Å². The molecule has 1 aliphatic heterocycles. The van der Waals surface area contributed by atoms with Crippen LogP contribution >= 0.6 is 0 Å². The number of carbonyl (C=O) groups excluding carboxylic acids is 1. The van der Waals surface area contributed by atoms with E-state index in [9.17, 15) is 18.0 Å². The fourth-order valence-electron chi connectivity index (χ4n) is 2.35. The first kappa shape index (κ1) is 15.6. The molecule has 0 aliphatic carbocycles. The van der Waals surface area contributed by atoms with Crippen LogP contribution in [0, 0.1) is 0 Å². The average Bonchev–Trinajstić information content (AvgIpc) is 2.66. The summed E-state index contributed by atoms with van der Waals surface area (Å²) < 4.78 is 38.5. The summed E-state index contributed by atoms with van der Waals surface area (Å²) >= 11 is 0. The van der Waals surface area contributed by atoms with Crippen LogP contribution in [-0.4, -0.2) is 25.2 Å². The summed E-state index contributed by atoms with van der Waals surface area (Å²) in [6.07, 6.45) is -1.96. The van der Waals surface area contributed by atoms with Gasteiger partial charge >= 0.3 is 12.2 Å². The third-order valence-electron chi connectivity index (χ3n) is 3.39. The van der Waals surface area contributed by atoms with Gasteiger partial charge in [0.15, 0.2) is 0 Å². The van der Waals surface area contributed by atoms with Gasteiger partial charge in [-0.05, 0) is 44.5 Å². The molecule has 1 aromatic rings. The van der Waals surface area contributed by atoms with E-state index in [1.165, 1.54) is 18.2 Å². The molecule has 7 heteroatoms. The lowest BCUT2D eigenvalue weighted by Crippen LogP contribution is -2.38. The smallest absolute Gasteiger partial charge is 0.335 e. The van der Waals surface area contributed by atoms with E-state index in [0.29, 0.717) is 0 Å². The molecule has 1 fully saturated rings. The van der Waals surface area contributed by atoms with Crippen molar-refractivity contribution < 1.29 is 18.0 Å². The Morgan fingerprint density at radius 3 is 2.71 bits per heavy atom. The summed E-state index contributed by atoms with van der Waals surface area (Å²) in [6, 6.07) is 4.34. The van der Waals surface area contributed by atoms with Gasteiger partial charge < -0.3 is 16.0 Å². The molecule has 1 saturated heterocycles. The van der Waals surface area contributed by atoms with Crippen molar-refractivity contribution in [1.29, 1.82) is 0 Å². The number of rotatable bonds is 2. The third-order valence-corrected chi connectivity index (χ3v) is 3.39. The number of hydrogen-bond donors (Lipinski definition) is 3. The quantitative estimate of drug-likeness (QED) is 0.786. The van der Waals surface area contributed by atoms with Crippen molar-refractivity contribution in [3.05, 3.63) is 29.8 Å². The number of amides is 2. The van der Waals surface area contributed by atoms with Gasteiger partial charge in [-0.25, -0.2) is 4.79 Å².